The third kappa shape index (κ3) is 5.55. The number of hydrogen-bond acceptors (Lipinski definition) is 6. The SMILES string of the molecule is Cl.OC1OC(CN(CCCl)Cc2ccccc2)C(O)C(O)C1O. The van der Waals surface area contributed by atoms with Crippen molar-refractivity contribution in [3.05, 3.63) is 35.9 Å². The molecule has 1 heterocycles. The van der Waals surface area contributed by atoms with E-state index in [2.05, 4.69) is 0 Å². The molecule has 0 aromatic heterocycles. The molecular weight excluding hydrogens is 345 g/mol. The molecule has 0 aliphatic carbocycles. The van der Waals surface area contributed by atoms with Crippen LogP contribution in [0.5, 0.6) is 0 Å². The highest BCUT2D eigenvalue weighted by Gasteiger charge is 2.43. The lowest BCUT2D eigenvalue weighted by Crippen LogP contribution is -2.60. The zero-order valence-electron chi connectivity index (χ0n) is 12.5. The van der Waals surface area contributed by atoms with Gasteiger partial charge in [0, 0.05) is 25.5 Å². The summed E-state index contributed by atoms with van der Waals surface area (Å²) in [5, 5.41) is 38.8. The summed E-state index contributed by atoms with van der Waals surface area (Å²) in [6.07, 6.45) is -6.55. The summed E-state index contributed by atoms with van der Waals surface area (Å²) in [6.45, 7) is 1.45. The summed E-state index contributed by atoms with van der Waals surface area (Å²) >= 11 is 5.81. The maximum atomic E-state index is 10.0. The van der Waals surface area contributed by atoms with Crippen LogP contribution in [0.15, 0.2) is 30.3 Å². The van der Waals surface area contributed by atoms with E-state index < -0.39 is 30.7 Å². The first-order valence-corrected chi connectivity index (χ1v) is 7.76. The monoisotopic (exact) mass is 367 g/mol. The highest BCUT2D eigenvalue weighted by atomic mass is 35.5. The highest BCUT2D eigenvalue weighted by Crippen LogP contribution is 2.21. The van der Waals surface area contributed by atoms with Crippen LogP contribution in [0.4, 0.5) is 0 Å². The highest BCUT2D eigenvalue weighted by molar-refractivity contribution is 6.18. The molecule has 6 nitrogen and oxygen atoms in total. The molecule has 1 aliphatic heterocycles. The van der Waals surface area contributed by atoms with E-state index in [1.165, 1.54) is 0 Å². The molecule has 5 atom stereocenters. The van der Waals surface area contributed by atoms with Crippen LogP contribution in [-0.2, 0) is 11.3 Å². The summed E-state index contributed by atoms with van der Waals surface area (Å²) < 4.78 is 5.21. The Labute approximate surface area is 146 Å². The van der Waals surface area contributed by atoms with Crippen molar-refractivity contribution in [3.63, 3.8) is 0 Å². The van der Waals surface area contributed by atoms with E-state index in [1.54, 1.807) is 0 Å². The van der Waals surface area contributed by atoms with Crippen LogP contribution < -0.4 is 0 Å². The van der Waals surface area contributed by atoms with E-state index >= 15 is 0 Å². The van der Waals surface area contributed by atoms with E-state index in [9.17, 15) is 20.4 Å². The van der Waals surface area contributed by atoms with Crippen LogP contribution in [0.1, 0.15) is 5.56 Å². The standard InChI is InChI=1S/C15H22ClNO5.ClH/c16-6-7-17(8-10-4-2-1-3-5-10)9-11-12(18)13(19)14(20)15(21)22-11;/h1-5,11-15,18-21H,6-9H2;1H. The van der Waals surface area contributed by atoms with E-state index in [1.807, 2.05) is 35.2 Å². The maximum Gasteiger partial charge on any atom is 0.184 e. The van der Waals surface area contributed by atoms with Gasteiger partial charge in [-0.15, -0.1) is 24.0 Å². The van der Waals surface area contributed by atoms with Gasteiger partial charge in [-0.2, -0.15) is 0 Å². The Bertz CT molecular complexity index is 453. The number of rotatable bonds is 6. The molecule has 1 aromatic carbocycles. The number of halogens is 2. The molecule has 0 amide bonds. The number of aliphatic hydroxyl groups excluding tert-OH is 4. The van der Waals surface area contributed by atoms with E-state index in [-0.39, 0.29) is 19.0 Å². The lowest BCUT2D eigenvalue weighted by molar-refractivity contribution is -0.283. The Balaban J connectivity index is 0.00000264. The first kappa shape index (κ1) is 20.6. The first-order valence-electron chi connectivity index (χ1n) is 7.23. The molecule has 1 fully saturated rings. The van der Waals surface area contributed by atoms with Gasteiger partial charge in [0.15, 0.2) is 6.29 Å². The summed E-state index contributed by atoms with van der Waals surface area (Å²) in [6, 6.07) is 9.76. The number of hydrogen-bond donors (Lipinski definition) is 4. The molecule has 5 unspecified atom stereocenters. The Morgan fingerprint density at radius 2 is 1.65 bits per heavy atom. The molecule has 4 N–H and O–H groups in total. The van der Waals surface area contributed by atoms with Crippen molar-refractivity contribution in [2.24, 2.45) is 0 Å². The molecular formula is C15H23Cl2NO5. The fourth-order valence-corrected chi connectivity index (χ4v) is 2.77. The molecule has 23 heavy (non-hydrogen) atoms. The Kier molecular flexibility index (Phi) is 8.74. The second-order valence-corrected chi connectivity index (χ2v) is 5.82. The predicted molar refractivity (Wildman–Crippen MR) is 88.6 cm³/mol. The number of ether oxygens (including phenoxy) is 1. The minimum atomic E-state index is -1.52. The van der Waals surface area contributed by atoms with Gasteiger partial charge in [0.1, 0.15) is 24.4 Å². The van der Waals surface area contributed by atoms with Crippen LogP contribution in [0, 0.1) is 0 Å². The lowest BCUT2D eigenvalue weighted by Gasteiger charge is -2.40. The van der Waals surface area contributed by atoms with Gasteiger partial charge < -0.3 is 25.2 Å². The van der Waals surface area contributed by atoms with E-state index in [4.69, 9.17) is 16.3 Å². The van der Waals surface area contributed by atoms with Crippen LogP contribution in [-0.4, -0.2) is 75.0 Å². The molecule has 132 valence electrons. The van der Waals surface area contributed by atoms with Gasteiger partial charge in [0.05, 0.1) is 0 Å². The lowest BCUT2D eigenvalue weighted by atomic mass is 9.98. The van der Waals surface area contributed by atoms with Crippen LogP contribution in [0.25, 0.3) is 0 Å². The third-order valence-electron chi connectivity index (χ3n) is 3.78. The Morgan fingerprint density at radius 3 is 2.26 bits per heavy atom. The van der Waals surface area contributed by atoms with Crippen molar-refractivity contribution >= 4 is 24.0 Å². The van der Waals surface area contributed by atoms with E-state index in [0.717, 1.165) is 5.56 Å². The molecule has 0 bridgehead atoms. The number of benzene rings is 1. The molecule has 8 heteroatoms. The van der Waals surface area contributed by atoms with Crippen LogP contribution in [0.2, 0.25) is 0 Å². The summed E-state index contributed by atoms with van der Waals surface area (Å²) in [4.78, 5) is 1.97. The van der Waals surface area contributed by atoms with Crippen molar-refractivity contribution in [3.8, 4) is 0 Å². The van der Waals surface area contributed by atoms with Gasteiger partial charge in [0.2, 0.25) is 0 Å². The van der Waals surface area contributed by atoms with Gasteiger partial charge in [0.25, 0.3) is 0 Å². The summed E-state index contributed by atoms with van der Waals surface area (Å²) in [5.74, 6) is 0.406. The van der Waals surface area contributed by atoms with E-state index in [0.29, 0.717) is 19.0 Å². The maximum absolute atomic E-state index is 10.0. The zero-order chi connectivity index (χ0) is 16.1. The molecule has 2 rings (SSSR count). The van der Waals surface area contributed by atoms with Gasteiger partial charge in [-0.3, -0.25) is 4.90 Å². The van der Waals surface area contributed by atoms with Gasteiger partial charge in [-0.1, -0.05) is 30.3 Å². The normalized spacial score (nSPS) is 31.0. The van der Waals surface area contributed by atoms with Gasteiger partial charge in [-0.05, 0) is 5.56 Å². The van der Waals surface area contributed by atoms with Crippen molar-refractivity contribution in [2.45, 2.75) is 37.3 Å². The fraction of sp³-hybridized carbons (Fsp3) is 0.600. The Hall–Kier alpha value is -0.440. The molecule has 0 radical (unpaired) electrons. The average Bonchev–Trinajstić information content (AvgIpc) is 2.52. The number of aliphatic hydroxyl groups is 4. The molecule has 0 spiro atoms. The van der Waals surface area contributed by atoms with Crippen molar-refractivity contribution in [2.75, 3.05) is 19.0 Å². The Morgan fingerprint density at radius 1 is 1.00 bits per heavy atom. The summed E-state index contributed by atoms with van der Waals surface area (Å²) in [7, 11) is 0. The average molecular weight is 368 g/mol. The third-order valence-corrected chi connectivity index (χ3v) is 3.94. The van der Waals surface area contributed by atoms with Crippen LogP contribution >= 0.6 is 24.0 Å². The predicted octanol–water partition coefficient (Wildman–Crippen LogP) is -0.0509. The molecule has 1 saturated heterocycles. The minimum absolute atomic E-state index is 0. The summed E-state index contributed by atoms with van der Waals surface area (Å²) in [5.41, 5.74) is 1.08. The molecule has 1 aromatic rings. The van der Waals surface area contributed by atoms with Crippen molar-refractivity contribution < 1.29 is 25.2 Å². The molecule has 1 aliphatic rings. The zero-order valence-corrected chi connectivity index (χ0v) is 14.1. The van der Waals surface area contributed by atoms with Crippen LogP contribution in [0.3, 0.4) is 0 Å². The largest absolute Gasteiger partial charge is 0.388 e. The van der Waals surface area contributed by atoms with Crippen molar-refractivity contribution in [1.82, 2.24) is 4.90 Å². The van der Waals surface area contributed by atoms with Gasteiger partial charge in [-0.25, -0.2) is 0 Å². The topological polar surface area (TPSA) is 93.4 Å². The number of nitrogens with zero attached hydrogens (tertiary/aromatic N) is 1. The second-order valence-electron chi connectivity index (χ2n) is 5.45. The first-order chi connectivity index (χ1) is 10.5. The quantitative estimate of drug-likeness (QED) is 0.526. The minimum Gasteiger partial charge on any atom is -0.388 e. The second kappa shape index (κ2) is 9.76. The fourth-order valence-electron chi connectivity index (χ4n) is 2.53. The van der Waals surface area contributed by atoms with Crippen molar-refractivity contribution in [1.29, 1.82) is 0 Å². The van der Waals surface area contributed by atoms with Gasteiger partial charge >= 0.3 is 0 Å². The molecule has 0 saturated carbocycles. The number of alkyl halides is 1. The smallest absolute Gasteiger partial charge is 0.184 e.